The fourth-order valence-electron chi connectivity index (χ4n) is 2.20. The molecule has 86 valence electrons. The van der Waals surface area contributed by atoms with Gasteiger partial charge in [-0.25, -0.2) is 9.97 Å². The number of piperidine rings is 1. The molecule has 0 saturated carbocycles. The first-order valence-corrected chi connectivity index (χ1v) is 7.12. The first kappa shape index (κ1) is 10.4. The van der Waals surface area contributed by atoms with E-state index in [1.165, 1.54) is 29.2 Å². The van der Waals surface area contributed by atoms with Gasteiger partial charge in [-0.3, -0.25) is 0 Å². The van der Waals surface area contributed by atoms with Crippen LogP contribution < -0.4 is 11.1 Å². The van der Waals surface area contributed by atoms with E-state index in [4.69, 9.17) is 5.73 Å². The number of nitrogens with zero attached hydrogens (tertiary/aromatic N) is 2. The highest BCUT2D eigenvalue weighted by molar-refractivity contribution is 7.28. The van der Waals surface area contributed by atoms with E-state index in [0.717, 1.165) is 16.2 Å². The number of thiazole rings is 2. The van der Waals surface area contributed by atoms with E-state index >= 15 is 0 Å². The minimum atomic E-state index is 0.596. The number of fused-ring (bicyclic) bond motifs is 1. The van der Waals surface area contributed by atoms with Crippen LogP contribution in [0.25, 0.3) is 9.66 Å². The van der Waals surface area contributed by atoms with Gasteiger partial charge in [0.25, 0.3) is 0 Å². The van der Waals surface area contributed by atoms with Crippen molar-refractivity contribution >= 4 is 37.5 Å². The van der Waals surface area contributed by atoms with Crippen LogP contribution in [-0.2, 0) is 0 Å². The smallest absolute Gasteiger partial charge is 0.183 e. The molecule has 0 unspecified atom stereocenters. The second-order valence-corrected chi connectivity index (χ2v) is 6.31. The number of hydrogen-bond donors (Lipinski definition) is 2. The van der Waals surface area contributed by atoms with Crippen LogP contribution in [0.15, 0.2) is 0 Å². The normalized spacial score (nSPS) is 26.3. The molecule has 0 bridgehead atoms. The van der Waals surface area contributed by atoms with Gasteiger partial charge in [0.2, 0.25) is 0 Å². The average Bonchev–Trinajstić information content (AvgIpc) is 2.74. The van der Waals surface area contributed by atoms with Gasteiger partial charge in [0.05, 0.1) is 5.01 Å². The van der Waals surface area contributed by atoms with Gasteiger partial charge in [0, 0.05) is 12.0 Å². The van der Waals surface area contributed by atoms with Gasteiger partial charge >= 0.3 is 0 Å². The van der Waals surface area contributed by atoms with Crippen molar-refractivity contribution in [3.8, 4) is 0 Å². The third-order valence-corrected chi connectivity index (χ3v) is 5.00. The quantitative estimate of drug-likeness (QED) is 0.819. The van der Waals surface area contributed by atoms with Crippen LogP contribution >= 0.6 is 22.7 Å². The summed E-state index contributed by atoms with van der Waals surface area (Å²) in [7, 11) is 0. The first-order valence-electron chi connectivity index (χ1n) is 5.48. The number of hydrogen-bond acceptors (Lipinski definition) is 6. The molecule has 3 rings (SSSR count). The summed E-state index contributed by atoms with van der Waals surface area (Å²) in [4.78, 5) is 10.9. The highest BCUT2D eigenvalue weighted by Crippen LogP contribution is 2.35. The molecule has 0 aliphatic carbocycles. The maximum absolute atomic E-state index is 5.65. The van der Waals surface area contributed by atoms with Gasteiger partial charge in [-0.05, 0) is 26.3 Å². The molecule has 1 aliphatic rings. The molecule has 6 heteroatoms. The minimum Gasteiger partial charge on any atom is -0.375 e. The number of anilines is 1. The van der Waals surface area contributed by atoms with Crippen LogP contribution in [0.5, 0.6) is 0 Å². The molecule has 3 heterocycles. The molecule has 1 aliphatic heterocycles. The lowest BCUT2D eigenvalue weighted by Crippen LogP contribution is -2.34. The fourth-order valence-corrected chi connectivity index (χ4v) is 4.17. The summed E-state index contributed by atoms with van der Waals surface area (Å²) < 4.78 is 0. The first-order chi connectivity index (χ1) is 7.72. The second-order valence-electron chi connectivity index (χ2n) is 4.29. The van der Waals surface area contributed by atoms with Crippen LogP contribution in [0.1, 0.15) is 30.7 Å². The zero-order chi connectivity index (χ0) is 11.1. The van der Waals surface area contributed by atoms with Crippen LogP contribution in [0.4, 0.5) is 5.13 Å². The zero-order valence-corrected chi connectivity index (χ0v) is 10.7. The van der Waals surface area contributed by atoms with Crippen molar-refractivity contribution in [2.24, 2.45) is 0 Å². The molecular weight excluding hydrogens is 240 g/mol. The molecule has 2 atom stereocenters. The van der Waals surface area contributed by atoms with Crippen molar-refractivity contribution in [2.45, 2.75) is 31.7 Å². The number of nitrogens with one attached hydrogen (secondary N) is 1. The Morgan fingerprint density at radius 3 is 2.88 bits per heavy atom. The van der Waals surface area contributed by atoms with E-state index < -0.39 is 0 Å². The molecule has 0 aromatic carbocycles. The standard InChI is InChI=1S/C10H14N4S2/c1-5-4-6(2-3-12-5)7-13-8-9(15-7)14-10(11)16-8/h5-6,12H,2-4H2,1H3,(H2,11,14)/t5-,6+/m1/s1. The average molecular weight is 254 g/mol. The highest BCUT2D eigenvalue weighted by atomic mass is 32.1. The van der Waals surface area contributed by atoms with Crippen LogP contribution in [0.3, 0.4) is 0 Å². The highest BCUT2D eigenvalue weighted by Gasteiger charge is 2.23. The lowest BCUT2D eigenvalue weighted by atomic mass is 9.94. The van der Waals surface area contributed by atoms with E-state index in [1.54, 1.807) is 11.3 Å². The zero-order valence-electron chi connectivity index (χ0n) is 9.06. The summed E-state index contributed by atoms with van der Waals surface area (Å²) in [6, 6.07) is 0.596. The summed E-state index contributed by atoms with van der Waals surface area (Å²) >= 11 is 3.20. The van der Waals surface area contributed by atoms with Gasteiger partial charge < -0.3 is 11.1 Å². The Balaban J connectivity index is 1.90. The van der Waals surface area contributed by atoms with Gasteiger partial charge in [-0.2, -0.15) is 0 Å². The summed E-state index contributed by atoms with van der Waals surface area (Å²) in [5.74, 6) is 0.601. The Morgan fingerprint density at radius 1 is 1.31 bits per heavy atom. The van der Waals surface area contributed by atoms with Crippen LogP contribution in [0.2, 0.25) is 0 Å². The molecule has 16 heavy (non-hydrogen) atoms. The molecule has 1 fully saturated rings. The molecule has 2 aromatic heterocycles. The molecule has 1 saturated heterocycles. The topological polar surface area (TPSA) is 63.8 Å². The Hall–Kier alpha value is -0.720. The van der Waals surface area contributed by atoms with Crippen LogP contribution in [-0.4, -0.2) is 22.6 Å². The molecular formula is C10H14N4S2. The largest absolute Gasteiger partial charge is 0.375 e. The molecule has 0 spiro atoms. The maximum Gasteiger partial charge on any atom is 0.183 e. The van der Waals surface area contributed by atoms with Gasteiger partial charge in [0.15, 0.2) is 14.8 Å². The van der Waals surface area contributed by atoms with Crippen molar-refractivity contribution in [3.05, 3.63) is 5.01 Å². The summed E-state index contributed by atoms with van der Waals surface area (Å²) in [6.45, 7) is 3.33. The van der Waals surface area contributed by atoms with Crippen molar-refractivity contribution in [3.63, 3.8) is 0 Å². The molecule has 4 nitrogen and oxygen atoms in total. The summed E-state index contributed by atoms with van der Waals surface area (Å²) in [5.41, 5.74) is 5.65. The van der Waals surface area contributed by atoms with Gasteiger partial charge in [-0.1, -0.05) is 22.7 Å². The summed E-state index contributed by atoms with van der Waals surface area (Å²) in [6.07, 6.45) is 2.36. The Bertz CT molecular complexity index is 472. The number of rotatable bonds is 1. The van der Waals surface area contributed by atoms with E-state index in [1.807, 2.05) is 0 Å². The SMILES string of the molecule is C[C@@H]1C[C@@H](c2nc3sc(N)nc3s2)CCN1. The molecule has 3 N–H and O–H groups in total. The van der Waals surface area contributed by atoms with Crippen molar-refractivity contribution < 1.29 is 0 Å². The molecule has 2 aromatic rings. The third-order valence-electron chi connectivity index (χ3n) is 2.98. The second kappa shape index (κ2) is 3.94. The predicted octanol–water partition coefficient (Wildman–Crippen LogP) is 2.19. The molecule has 0 radical (unpaired) electrons. The Labute approximate surface area is 102 Å². The lowest BCUT2D eigenvalue weighted by Gasteiger charge is -2.26. The van der Waals surface area contributed by atoms with E-state index in [2.05, 4.69) is 22.2 Å². The van der Waals surface area contributed by atoms with Gasteiger partial charge in [0.1, 0.15) is 0 Å². The van der Waals surface area contributed by atoms with Crippen molar-refractivity contribution in [1.82, 2.24) is 15.3 Å². The number of aromatic nitrogens is 2. The monoisotopic (exact) mass is 254 g/mol. The number of nitrogens with two attached hydrogens (primary N) is 1. The predicted molar refractivity (Wildman–Crippen MR) is 69.1 cm³/mol. The Kier molecular flexibility index (Phi) is 2.57. The van der Waals surface area contributed by atoms with E-state index in [0.29, 0.717) is 17.1 Å². The minimum absolute atomic E-state index is 0.596. The summed E-state index contributed by atoms with van der Waals surface area (Å²) in [5, 5.41) is 5.32. The van der Waals surface area contributed by atoms with Crippen LogP contribution in [0, 0.1) is 0 Å². The fraction of sp³-hybridized carbons (Fsp3) is 0.600. The van der Waals surface area contributed by atoms with Crippen molar-refractivity contribution in [1.29, 1.82) is 0 Å². The van der Waals surface area contributed by atoms with E-state index in [-0.39, 0.29) is 0 Å². The Morgan fingerprint density at radius 2 is 2.12 bits per heavy atom. The maximum atomic E-state index is 5.65. The third kappa shape index (κ3) is 1.81. The van der Waals surface area contributed by atoms with Gasteiger partial charge in [-0.15, -0.1) is 0 Å². The molecule has 0 amide bonds. The lowest BCUT2D eigenvalue weighted by molar-refractivity contribution is 0.381. The number of nitrogen functional groups attached to an aromatic ring is 1. The van der Waals surface area contributed by atoms with E-state index in [9.17, 15) is 0 Å². The van der Waals surface area contributed by atoms with Crippen molar-refractivity contribution in [2.75, 3.05) is 12.3 Å².